The highest BCUT2D eigenvalue weighted by Gasteiger charge is 2.09. The van der Waals surface area contributed by atoms with Gasteiger partial charge in [-0.2, -0.15) is 20.2 Å². The van der Waals surface area contributed by atoms with E-state index in [0.717, 1.165) is 0 Å². The highest BCUT2D eigenvalue weighted by Crippen LogP contribution is 2.33. The van der Waals surface area contributed by atoms with Crippen molar-refractivity contribution in [2.24, 2.45) is 0 Å². The van der Waals surface area contributed by atoms with Gasteiger partial charge in [0.15, 0.2) is 0 Å². The van der Waals surface area contributed by atoms with Gasteiger partial charge in [0.2, 0.25) is 17.8 Å². The molecule has 0 amide bonds. The van der Waals surface area contributed by atoms with Crippen molar-refractivity contribution in [1.82, 2.24) is 15.0 Å². The molecule has 8 nitrogen and oxygen atoms in total. The molecule has 1 aromatic heterocycles. The summed E-state index contributed by atoms with van der Waals surface area (Å²) in [7, 11) is 0. The van der Waals surface area contributed by atoms with Gasteiger partial charge in [-0.1, -0.05) is 34.8 Å². The second-order valence-electron chi connectivity index (χ2n) is 5.15. The molecule has 0 atom stereocenters. The molecule has 0 aliphatic heterocycles. The Morgan fingerprint density at radius 2 is 1.52 bits per heavy atom. The second-order valence-corrected chi connectivity index (χ2v) is 6.40. The molecule has 0 aliphatic rings. The number of nitrogens with two attached hydrogens (primary N) is 1. The fourth-order valence-electron chi connectivity index (χ4n) is 2.04. The van der Waals surface area contributed by atoms with Crippen LogP contribution in [0.4, 0.5) is 29.2 Å². The van der Waals surface area contributed by atoms with Gasteiger partial charge in [-0.25, -0.2) is 0 Å². The van der Waals surface area contributed by atoms with E-state index < -0.39 is 0 Å². The number of halogens is 3. The number of nitriles is 1. The van der Waals surface area contributed by atoms with E-state index in [4.69, 9.17) is 45.8 Å². The van der Waals surface area contributed by atoms with Crippen LogP contribution in [0.5, 0.6) is 0 Å². The highest BCUT2D eigenvalue weighted by molar-refractivity contribution is 6.41. The zero-order valence-corrected chi connectivity index (χ0v) is 15.7. The average molecular weight is 422 g/mol. The van der Waals surface area contributed by atoms with E-state index in [0.29, 0.717) is 32.0 Å². The summed E-state index contributed by atoms with van der Waals surface area (Å²) in [5.74, 6) is 0.351. The third-order valence-electron chi connectivity index (χ3n) is 3.23. The molecule has 136 valence electrons. The molecule has 0 saturated carbocycles. The van der Waals surface area contributed by atoms with Crippen molar-refractivity contribution in [3.63, 3.8) is 0 Å². The third kappa shape index (κ3) is 4.80. The normalized spacial score (nSPS) is 10.1. The zero-order chi connectivity index (χ0) is 19.4. The molecule has 2 aromatic carbocycles. The van der Waals surface area contributed by atoms with E-state index in [9.17, 15) is 0 Å². The second kappa shape index (κ2) is 8.14. The fraction of sp³-hybridized carbons (Fsp3) is 0. The summed E-state index contributed by atoms with van der Waals surface area (Å²) in [5, 5.41) is 12.9. The largest absolute Gasteiger partial charge is 0.368 e. The lowest BCUT2D eigenvalue weighted by atomic mass is 10.2. The molecule has 0 fully saturated rings. The first-order valence-electron chi connectivity index (χ1n) is 7.40. The van der Waals surface area contributed by atoms with E-state index in [2.05, 4.69) is 31.1 Å². The molecule has 27 heavy (non-hydrogen) atoms. The van der Waals surface area contributed by atoms with E-state index in [-0.39, 0.29) is 17.8 Å². The summed E-state index contributed by atoms with van der Waals surface area (Å²) >= 11 is 18.1. The average Bonchev–Trinajstić information content (AvgIpc) is 2.61. The summed E-state index contributed by atoms with van der Waals surface area (Å²) < 4.78 is 0. The predicted octanol–water partition coefficient (Wildman–Crippen LogP) is 4.47. The first-order chi connectivity index (χ1) is 12.9. The van der Waals surface area contributed by atoms with Crippen LogP contribution in [0.15, 0.2) is 36.4 Å². The summed E-state index contributed by atoms with van der Waals surface area (Å²) in [6, 6.07) is 11.9. The minimum absolute atomic E-state index is 0.00116. The monoisotopic (exact) mass is 420 g/mol. The van der Waals surface area contributed by atoms with E-state index in [1.165, 1.54) is 0 Å². The smallest absolute Gasteiger partial charge is 0.248 e. The molecule has 0 spiro atoms. The van der Waals surface area contributed by atoms with E-state index >= 15 is 0 Å². The number of aromatic nitrogens is 3. The van der Waals surface area contributed by atoms with Crippen LogP contribution in [0.25, 0.3) is 0 Å². The lowest BCUT2D eigenvalue weighted by Crippen LogP contribution is -2.15. The maximum atomic E-state index is 8.84. The van der Waals surface area contributed by atoms with Gasteiger partial charge in [-0.15, -0.1) is 0 Å². The van der Waals surface area contributed by atoms with Crippen LogP contribution in [0.1, 0.15) is 5.56 Å². The molecule has 0 unspecified atom stereocenters. The number of hydrogen-bond donors (Lipinski definition) is 4. The van der Waals surface area contributed by atoms with Crippen molar-refractivity contribution in [2.75, 3.05) is 21.9 Å². The van der Waals surface area contributed by atoms with Crippen LogP contribution in [0.3, 0.4) is 0 Å². The predicted molar refractivity (Wildman–Crippen MR) is 107 cm³/mol. The Bertz CT molecular complexity index is 994. The Morgan fingerprint density at radius 1 is 0.889 bits per heavy atom. The lowest BCUT2D eigenvalue weighted by molar-refractivity contribution is 1.06. The maximum absolute atomic E-state index is 8.84. The van der Waals surface area contributed by atoms with Gasteiger partial charge in [0.1, 0.15) is 0 Å². The summed E-state index contributed by atoms with van der Waals surface area (Å²) in [6.07, 6.45) is 0. The van der Waals surface area contributed by atoms with Crippen molar-refractivity contribution in [1.29, 1.82) is 5.26 Å². The van der Waals surface area contributed by atoms with Crippen molar-refractivity contribution < 1.29 is 0 Å². The molecule has 1 heterocycles. The maximum Gasteiger partial charge on any atom is 0.248 e. The SMILES string of the molecule is N#Cc1ccc(Nc2nc(N)nc(NNc3c(Cl)cc(Cl)cc3Cl)n2)cc1. The van der Waals surface area contributed by atoms with Crippen LogP contribution in [-0.2, 0) is 0 Å². The van der Waals surface area contributed by atoms with Crippen LogP contribution >= 0.6 is 34.8 Å². The summed E-state index contributed by atoms with van der Waals surface area (Å²) in [4.78, 5) is 12.2. The van der Waals surface area contributed by atoms with Crippen LogP contribution in [0, 0.1) is 11.3 Å². The Hall–Kier alpha value is -2.99. The first kappa shape index (κ1) is 18.8. The number of hydrogen-bond acceptors (Lipinski definition) is 8. The number of nitrogens with one attached hydrogen (secondary N) is 3. The molecular weight excluding hydrogens is 411 g/mol. The Labute approximate surface area is 169 Å². The van der Waals surface area contributed by atoms with Crippen molar-refractivity contribution in [2.45, 2.75) is 0 Å². The van der Waals surface area contributed by atoms with Crippen LogP contribution in [0.2, 0.25) is 15.1 Å². The fourth-order valence-corrected chi connectivity index (χ4v) is 2.95. The van der Waals surface area contributed by atoms with E-state index in [1.54, 1.807) is 36.4 Å². The van der Waals surface area contributed by atoms with Gasteiger partial charge in [-0.05, 0) is 36.4 Å². The molecule has 11 heteroatoms. The number of benzene rings is 2. The standard InChI is InChI=1S/C16H11Cl3N8/c17-9-5-11(18)13(12(19)6-9)26-27-16-24-14(21)23-15(25-16)22-10-3-1-8(7-20)2-4-10/h1-6,26H,(H4,21,22,23,24,25,27). The van der Waals surface area contributed by atoms with Crippen LogP contribution in [-0.4, -0.2) is 15.0 Å². The Balaban J connectivity index is 1.76. The summed E-state index contributed by atoms with van der Waals surface area (Å²) in [6.45, 7) is 0. The first-order valence-corrected chi connectivity index (χ1v) is 8.53. The summed E-state index contributed by atoms with van der Waals surface area (Å²) in [5.41, 5.74) is 12.9. The van der Waals surface area contributed by atoms with Crippen molar-refractivity contribution in [3.05, 3.63) is 57.0 Å². The number of nitrogen functional groups attached to an aromatic ring is 1. The van der Waals surface area contributed by atoms with Crippen LogP contribution < -0.4 is 21.9 Å². The molecule has 3 aromatic rings. The molecule has 0 radical (unpaired) electrons. The topological polar surface area (TPSA) is 125 Å². The molecule has 0 aliphatic carbocycles. The molecule has 5 N–H and O–H groups in total. The van der Waals surface area contributed by atoms with Gasteiger partial charge in [-0.3, -0.25) is 10.9 Å². The molecular formula is C16H11Cl3N8. The minimum Gasteiger partial charge on any atom is -0.368 e. The van der Waals surface area contributed by atoms with Gasteiger partial charge < -0.3 is 11.1 Å². The van der Waals surface area contributed by atoms with Crippen molar-refractivity contribution >= 4 is 64.0 Å². The minimum atomic E-state index is -0.00116. The van der Waals surface area contributed by atoms with E-state index in [1.807, 2.05) is 6.07 Å². The molecule has 0 saturated heterocycles. The van der Waals surface area contributed by atoms with Gasteiger partial charge in [0.05, 0.1) is 27.4 Å². The molecule has 3 rings (SSSR count). The highest BCUT2D eigenvalue weighted by atomic mass is 35.5. The molecule has 0 bridgehead atoms. The number of hydrazine groups is 1. The van der Waals surface area contributed by atoms with Gasteiger partial charge >= 0.3 is 0 Å². The zero-order valence-electron chi connectivity index (χ0n) is 13.5. The number of rotatable bonds is 5. The Kier molecular flexibility index (Phi) is 5.66. The number of nitrogens with zero attached hydrogens (tertiary/aromatic N) is 4. The number of anilines is 5. The quantitative estimate of drug-likeness (QED) is 0.445. The third-order valence-corrected chi connectivity index (χ3v) is 4.04. The van der Waals surface area contributed by atoms with Gasteiger partial charge in [0, 0.05) is 10.7 Å². The Morgan fingerprint density at radius 3 is 2.15 bits per heavy atom. The lowest BCUT2D eigenvalue weighted by Gasteiger charge is -2.13. The van der Waals surface area contributed by atoms with Gasteiger partial charge in [0.25, 0.3) is 0 Å². The van der Waals surface area contributed by atoms with Crippen molar-refractivity contribution in [3.8, 4) is 6.07 Å².